The number of carbonyl (C=O) groups is 1. The van der Waals surface area contributed by atoms with Crippen molar-refractivity contribution in [2.75, 3.05) is 12.4 Å². The number of anilines is 1. The highest BCUT2D eigenvalue weighted by Crippen LogP contribution is 2.33. The van der Waals surface area contributed by atoms with Crippen LogP contribution in [-0.2, 0) is 4.79 Å². The Morgan fingerprint density at radius 3 is 2.68 bits per heavy atom. The highest BCUT2D eigenvalue weighted by molar-refractivity contribution is 6.35. The van der Waals surface area contributed by atoms with E-state index in [0.717, 1.165) is 6.08 Å². The average Bonchev–Trinajstić information content (AvgIpc) is 2.56. The SMILES string of the molecule is COc1cccc(/C=C/C(=O)Nc2cc(Cl)ccc2Cl)c1OC(F)F. The number of ether oxygens (including phenoxy) is 2. The molecule has 0 radical (unpaired) electrons. The van der Waals surface area contributed by atoms with Gasteiger partial charge in [-0.2, -0.15) is 8.78 Å². The second kappa shape index (κ2) is 8.69. The molecule has 4 nitrogen and oxygen atoms in total. The monoisotopic (exact) mass is 387 g/mol. The summed E-state index contributed by atoms with van der Waals surface area (Å²) in [4.78, 5) is 12.0. The standard InChI is InChI=1S/C17H13Cl2F2NO3/c1-24-14-4-2-3-10(16(14)25-17(20)21)5-8-15(23)22-13-9-11(18)6-7-12(13)19/h2-9,17H,1H3,(H,22,23)/b8-5+. The molecule has 2 aromatic carbocycles. The van der Waals surface area contributed by atoms with Crippen molar-refractivity contribution in [3.05, 3.63) is 58.1 Å². The van der Waals surface area contributed by atoms with Gasteiger partial charge in [-0.1, -0.05) is 35.3 Å². The lowest BCUT2D eigenvalue weighted by atomic mass is 10.1. The predicted molar refractivity (Wildman–Crippen MR) is 93.8 cm³/mol. The van der Waals surface area contributed by atoms with Gasteiger partial charge < -0.3 is 14.8 Å². The van der Waals surface area contributed by atoms with Crippen molar-refractivity contribution < 1.29 is 23.0 Å². The Morgan fingerprint density at radius 2 is 2.00 bits per heavy atom. The summed E-state index contributed by atoms with van der Waals surface area (Å²) in [5.41, 5.74) is 0.588. The van der Waals surface area contributed by atoms with Crippen LogP contribution in [0.15, 0.2) is 42.5 Å². The largest absolute Gasteiger partial charge is 0.493 e. The predicted octanol–water partition coefficient (Wildman–Crippen LogP) is 5.26. The highest BCUT2D eigenvalue weighted by Gasteiger charge is 2.14. The van der Waals surface area contributed by atoms with Crippen LogP contribution >= 0.6 is 23.2 Å². The van der Waals surface area contributed by atoms with E-state index in [-0.39, 0.29) is 17.1 Å². The van der Waals surface area contributed by atoms with Gasteiger partial charge in [0.1, 0.15) is 0 Å². The van der Waals surface area contributed by atoms with E-state index < -0.39 is 12.5 Å². The first-order chi connectivity index (χ1) is 11.9. The van der Waals surface area contributed by atoms with Crippen LogP contribution in [-0.4, -0.2) is 19.6 Å². The fraction of sp³-hybridized carbons (Fsp3) is 0.118. The number of methoxy groups -OCH3 is 1. The van der Waals surface area contributed by atoms with Crippen molar-refractivity contribution in [2.24, 2.45) is 0 Å². The molecule has 0 saturated heterocycles. The smallest absolute Gasteiger partial charge is 0.387 e. The van der Waals surface area contributed by atoms with Crippen LogP contribution in [0.5, 0.6) is 11.5 Å². The third-order valence-corrected chi connectivity index (χ3v) is 3.60. The molecular formula is C17H13Cl2F2NO3. The molecule has 132 valence electrons. The molecule has 2 aromatic rings. The van der Waals surface area contributed by atoms with Crippen LogP contribution < -0.4 is 14.8 Å². The Morgan fingerprint density at radius 1 is 1.24 bits per heavy atom. The molecule has 0 aliphatic heterocycles. The minimum Gasteiger partial charge on any atom is -0.493 e. The van der Waals surface area contributed by atoms with Crippen molar-refractivity contribution in [1.82, 2.24) is 0 Å². The molecule has 0 bridgehead atoms. The number of carbonyl (C=O) groups excluding carboxylic acids is 1. The van der Waals surface area contributed by atoms with E-state index in [1.54, 1.807) is 18.2 Å². The lowest BCUT2D eigenvalue weighted by Gasteiger charge is -2.12. The number of alkyl halides is 2. The molecule has 0 heterocycles. The maximum Gasteiger partial charge on any atom is 0.387 e. The van der Waals surface area contributed by atoms with Crippen molar-refractivity contribution in [2.45, 2.75) is 6.61 Å². The van der Waals surface area contributed by atoms with E-state index in [0.29, 0.717) is 15.7 Å². The van der Waals surface area contributed by atoms with Gasteiger partial charge in [0.25, 0.3) is 0 Å². The van der Waals surface area contributed by atoms with E-state index in [4.69, 9.17) is 27.9 Å². The molecule has 1 amide bonds. The number of nitrogens with one attached hydrogen (secondary N) is 1. The Hall–Kier alpha value is -2.31. The van der Waals surface area contributed by atoms with Crippen molar-refractivity contribution in [3.63, 3.8) is 0 Å². The maximum absolute atomic E-state index is 12.6. The summed E-state index contributed by atoms with van der Waals surface area (Å²) in [5, 5.41) is 3.27. The molecule has 2 rings (SSSR count). The fourth-order valence-electron chi connectivity index (χ4n) is 1.97. The zero-order valence-electron chi connectivity index (χ0n) is 12.9. The second-order valence-electron chi connectivity index (χ2n) is 4.70. The van der Waals surface area contributed by atoms with Crippen LogP contribution in [0.25, 0.3) is 6.08 Å². The molecule has 0 unspecified atom stereocenters. The summed E-state index contributed by atoms with van der Waals surface area (Å²) < 4.78 is 34.6. The van der Waals surface area contributed by atoms with Crippen molar-refractivity contribution >= 4 is 40.9 Å². The fourth-order valence-corrected chi connectivity index (χ4v) is 2.31. The Bertz CT molecular complexity index is 797. The first-order valence-electron chi connectivity index (χ1n) is 6.96. The molecule has 8 heteroatoms. The zero-order valence-corrected chi connectivity index (χ0v) is 14.4. The molecule has 0 aliphatic rings. The lowest BCUT2D eigenvalue weighted by molar-refractivity contribution is -0.111. The summed E-state index contributed by atoms with van der Waals surface area (Å²) in [6, 6.07) is 9.19. The third kappa shape index (κ3) is 5.34. The molecular weight excluding hydrogens is 375 g/mol. The highest BCUT2D eigenvalue weighted by atomic mass is 35.5. The van der Waals surface area contributed by atoms with Crippen LogP contribution in [0.4, 0.5) is 14.5 Å². The summed E-state index contributed by atoms with van der Waals surface area (Å²) >= 11 is 11.8. The molecule has 0 aromatic heterocycles. The average molecular weight is 388 g/mol. The van der Waals surface area contributed by atoms with Gasteiger partial charge in [0.2, 0.25) is 5.91 Å². The number of rotatable bonds is 6. The number of benzene rings is 2. The van der Waals surface area contributed by atoms with Gasteiger partial charge in [-0.05, 0) is 30.3 Å². The van der Waals surface area contributed by atoms with Crippen LogP contribution in [0.1, 0.15) is 5.56 Å². The van der Waals surface area contributed by atoms with Crippen LogP contribution in [0.2, 0.25) is 10.0 Å². The minimum absolute atomic E-state index is 0.126. The summed E-state index contributed by atoms with van der Waals surface area (Å²) in [6.07, 6.45) is 2.48. The Balaban J connectivity index is 2.20. The van der Waals surface area contributed by atoms with Crippen molar-refractivity contribution in [3.8, 4) is 11.5 Å². The normalized spacial score (nSPS) is 11.0. The maximum atomic E-state index is 12.6. The zero-order chi connectivity index (χ0) is 18.4. The Kier molecular flexibility index (Phi) is 6.61. The summed E-state index contributed by atoms with van der Waals surface area (Å²) in [5.74, 6) is -0.555. The number of para-hydroxylation sites is 1. The molecule has 25 heavy (non-hydrogen) atoms. The van der Waals surface area contributed by atoms with E-state index in [1.807, 2.05) is 0 Å². The van der Waals surface area contributed by atoms with E-state index >= 15 is 0 Å². The minimum atomic E-state index is -3.03. The molecule has 0 fully saturated rings. The topological polar surface area (TPSA) is 47.6 Å². The first-order valence-corrected chi connectivity index (χ1v) is 7.72. The molecule has 1 N–H and O–H groups in total. The second-order valence-corrected chi connectivity index (χ2v) is 5.55. The van der Waals surface area contributed by atoms with Gasteiger partial charge in [0.15, 0.2) is 11.5 Å². The molecule has 0 saturated carbocycles. The van der Waals surface area contributed by atoms with Gasteiger partial charge in [-0.25, -0.2) is 0 Å². The van der Waals surface area contributed by atoms with Gasteiger partial charge in [-0.15, -0.1) is 0 Å². The first kappa shape index (κ1) is 19.0. The van der Waals surface area contributed by atoms with E-state index in [1.165, 1.54) is 31.4 Å². The van der Waals surface area contributed by atoms with E-state index in [2.05, 4.69) is 10.1 Å². The lowest BCUT2D eigenvalue weighted by Crippen LogP contribution is -2.08. The number of hydrogen-bond donors (Lipinski definition) is 1. The quantitative estimate of drug-likeness (QED) is 0.688. The van der Waals surface area contributed by atoms with Gasteiger partial charge >= 0.3 is 6.61 Å². The number of halogens is 4. The van der Waals surface area contributed by atoms with Crippen LogP contribution in [0, 0.1) is 0 Å². The molecule has 0 aliphatic carbocycles. The number of amides is 1. The summed E-state index contributed by atoms with van der Waals surface area (Å²) in [7, 11) is 1.33. The van der Waals surface area contributed by atoms with Gasteiger partial charge in [-0.3, -0.25) is 4.79 Å². The molecule has 0 spiro atoms. The van der Waals surface area contributed by atoms with Gasteiger partial charge in [0.05, 0.1) is 17.8 Å². The summed E-state index contributed by atoms with van der Waals surface area (Å²) in [6.45, 7) is -3.03. The third-order valence-electron chi connectivity index (χ3n) is 3.04. The molecule has 0 atom stereocenters. The number of hydrogen-bond acceptors (Lipinski definition) is 3. The van der Waals surface area contributed by atoms with Crippen LogP contribution in [0.3, 0.4) is 0 Å². The van der Waals surface area contributed by atoms with Gasteiger partial charge in [0, 0.05) is 16.7 Å². The van der Waals surface area contributed by atoms with E-state index in [9.17, 15) is 13.6 Å². The Labute approximate surface area is 152 Å². The van der Waals surface area contributed by atoms with Crippen molar-refractivity contribution in [1.29, 1.82) is 0 Å².